The number of fused-ring (bicyclic) bond motifs is 1. The van der Waals surface area contributed by atoms with Crippen LogP contribution >= 0.6 is 0 Å². The quantitative estimate of drug-likeness (QED) is 0.219. The Hall–Kier alpha value is -5.30. The summed E-state index contributed by atoms with van der Waals surface area (Å²) >= 11 is 0. The molecule has 0 aliphatic rings. The molecule has 214 valence electrons. The zero-order chi connectivity index (χ0) is 30.6. The van der Waals surface area contributed by atoms with Crippen LogP contribution in [0.3, 0.4) is 0 Å². The fourth-order valence-electron chi connectivity index (χ4n) is 4.28. The molecule has 0 aliphatic heterocycles. The highest BCUT2D eigenvalue weighted by atomic mass is 19.3. The SMILES string of the molecule is CC(C)(F)F.Cc1cc(C(C)Nc2ccccc2C(=O)O)c2oc(-c3cnn(-c4ccc(C#N)cc4)c3)cc(=O)c2c1. The number of nitrogens with zero attached hydrogens (tertiary/aromatic N) is 3. The Morgan fingerprint density at radius 2 is 1.79 bits per heavy atom. The van der Waals surface area contributed by atoms with Gasteiger partial charge in [-0.2, -0.15) is 10.4 Å². The lowest BCUT2D eigenvalue weighted by molar-refractivity contribution is 0.0437. The lowest BCUT2D eigenvalue weighted by atomic mass is 10.0. The number of aryl methyl sites for hydroxylation is 1. The standard InChI is InChI=1S/C29H22N4O4.C3H6F2/c1-17-11-23(18(2)32-25-6-4-3-5-22(25)29(35)36)28-24(12-17)26(34)13-27(37-28)20-15-31-33(16-20)21-9-7-19(14-30)8-10-21;1-3(2,4)5/h3-13,15-16,18,32H,1-2H3,(H,35,36);1-2H3. The van der Waals surface area contributed by atoms with Crippen molar-refractivity contribution >= 4 is 22.6 Å². The van der Waals surface area contributed by atoms with Gasteiger partial charge in [0.15, 0.2) is 5.43 Å². The Bertz CT molecular complexity index is 1840. The summed E-state index contributed by atoms with van der Waals surface area (Å²) in [6, 6.07) is 20.6. The van der Waals surface area contributed by atoms with Crippen LogP contribution in [0.25, 0.3) is 28.0 Å². The van der Waals surface area contributed by atoms with Gasteiger partial charge in [-0.05, 0) is 75.7 Å². The summed E-state index contributed by atoms with van der Waals surface area (Å²) in [5.74, 6) is -3.17. The molecule has 0 fully saturated rings. The summed E-state index contributed by atoms with van der Waals surface area (Å²) in [4.78, 5) is 24.8. The van der Waals surface area contributed by atoms with Crippen LogP contribution in [0, 0.1) is 18.3 Å². The van der Waals surface area contributed by atoms with E-state index in [9.17, 15) is 23.5 Å². The van der Waals surface area contributed by atoms with Crippen molar-refractivity contribution in [1.29, 1.82) is 5.26 Å². The van der Waals surface area contributed by atoms with E-state index < -0.39 is 11.9 Å². The third-order valence-electron chi connectivity index (χ3n) is 6.13. The number of hydrogen-bond donors (Lipinski definition) is 2. The summed E-state index contributed by atoms with van der Waals surface area (Å²) in [5.41, 5.74) is 4.41. The maximum Gasteiger partial charge on any atom is 0.337 e. The second-order valence-corrected chi connectivity index (χ2v) is 10.1. The predicted octanol–water partition coefficient (Wildman–Crippen LogP) is 7.36. The maximum absolute atomic E-state index is 13.1. The van der Waals surface area contributed by atoms with Crippen molar-refractivity contribution in [2.75, 3.05) is 5.32 Å². The summed E-state index contributed by atoms with van der Waals surface area (Å²) in [5, 5.41) is 26.7. The number of hydrogen-bond acceptors (Lipinski definition) is 6. The molecule has 5 rings (SSSR count). The third kappa shape index (κ3) is 7.06. The zero-order valence-corrected chi connectivity index (χ0v) is 23.4. The minimum Gasteiger partial charge on any atom is -0.478 e. The van der Waals surface area contributed by atoms with E-state index in [1.54, 1.807) is 65.6 Å². The minimum atomic E-state index is -2.50. The van der Waals surface area contributed by atoms with E-state index in [2.05, 4.69) is 16.5 Å². The molecule has 8 nitrogen and oxygen atoms in total. The minimum absolute atomic E-state index is 0.156. The fourth-order valence-corrected chi connectivity index (χ4v) is 4.28. The Labute approximate surface area is 240 Å². The van der Waals surface area contributed by atoms with Crippen LogP contribution in [0.2, 0.25) is 0 Å². The topological polar surface area (TPSA) is 121 Å². The third-order valence-corrected chi connectivity index (χ3v) is 6.13. The van der Waals surface area contributed by atoms with Crippen LogP contribution in [0.4, 0.5) is 14.5 Å². The first-order chi connectivity index (χ1) is 19.8. The number of para-hydroxylation sites is 1. The highest BCUT2D eigenvalue weighted by Gasteiger charge is 2.19. The monoisotopic (exact) mass is 570 g/mol. The molecular weight excluding hydrogens is 542 g/mol. The van der Waals surface area contributed by atoms with Crippen LogP contribution < -0.4 is 10.7 Å². The van der Waals surface area contributed by atoms with Gasteiger partial charge in [-0.3, -0.25) is 4.79 Å². The number of nitrogens with one attached hydrogen (secondary N) is 1. The number of anilines is 1. The number of halogens is 2. The number of alkyl halides is 2. The highest BCUT2D eigenvalue weighted by Crippen LogP contribution is 2.31. The molecular formula is C32H28F2N4O4. The molecule has 1 unspecified atom stereocenters. The lowest BCUT2D eigenvalue weighted by Crippen LogP contribution is -2.12. The molecule has 42 heavy (non-hydrogen) atoms. The van der Waals surface area contributed by atoms with Gasteiger partial charge in [0.2, 0.25) is 5.92 Å². The second-order valence-electron chi connectivity index (χ2n) is 10.1. The summed E-state index contributed by atoms with van der Waals surface area (Å²) in [6.45, 7) is 5.50. The number of carbonyl (C=O) groups is 1. The van der Waals surface area contributed by atoms with Crippen LogP contribution in [-0.2, 0) is 0 Å². The first-order valence-corrected chi connectivity index (χ1v) is 12.9. The van der Waals surface area contributed by atoms with E-state index in [1.165, 1.54) is 12.1 Å². The molecule has 3 aromatic carbocycles. The molecule has 2 heterocycles. The Morgan fingerprint density at radius 1 is 1.12 bits per heavy atom. The van der Waals surface area contributed by atoms with Gasteiger partial charge in [0.05, 0.1) is 46.1 Å². The van der Waals surface area contributed by atoms with Gasteiger partial charge in [0.1, 0.15) is 11.3 Å². The number of aromatic nitrogens is 2. The van der Waals surface area contributed by atoms with Crippen molar-refractivity contribution in [1.82, 2.24) is 9.78 Å². The first kappa shape index (κ1) is 29.7. The van der Waals surface area contributed by atoms with Crippen molar-refractivity contribution in [2.24, 2.45) is 0 Å². The number of carboxylic acids is 1. The van der Waals surface area contributed by atoms with Gasteiger partial charge >= 0.3 is 5.97 Å². The summed E-state index contributed by atoms with van der Waals surface area (Å²) in [6.07, 6.45) is 3.37. The molecule has 10 heteroatoms. The Morgan fingerprint density at radius 3 is 2.43 bits per heavy atom. The van der Waals surface area contributed by atoms with E-state index in [0.29, 0.717) is 33.5 Å². The van der Waals surface area contributed by atoms with E-state index in [0.717, 1.165) is 30.7 Å². The van der Waals surface area contributed by atoms with Gasteiger partial charge < -0.3 is 14.8 Å². The van der Waals surface area contributed by atoms with Crippen molar-refractivity contribution in [3.8, 4) is 23.1 Å². The number of nitriles is 1. The second kappa shape index (κ2) is 12.1. The van der Waals surface area contributed by atoms with E-state index in [-0.39, 0.29) is 17.0 Å². The van der Waals surface area contributed by atoms with Crippen molar-refractivity contribution < 1.29 is 23.1 Å². The molecule has 0 radical (unpaired) electrons. The van der Waals surface area contributed by atoms with Gasteiger partial charge in [-0.15, -0.1) is 0 Å². The van der Waals surface area contributed by atoms with Crippen LogP contribution in [0.1, 0.15) is 53.9 Å². The smallest absolute Gasteiger partial charge is 0.337 e. The predicted molar refractivity (Wildman–Crippen MR) is 156 cm³/mol. The molecule has 0 saturated heterocycles. The Balaban J connectivity index is 0.000000748. The normalized spacial score (nSPS) is 11.7. The number of aromatic carboxylic acids is 1. The van der Waals surface area contributed by atoms with Gasteiger partial charge in [0, 0.05) is 23.5 Å². The fraction of sp³-hybridized carbons (Fsp3) is 0.188. The maximum atomic E-state index is 13.1. The Kier molecular flexibility index (Phi) is 8.52. The van der Waals surface area contributed by atoms with E-state index >= 15 is 0 Å². The number of rotatable bonds is 6. The average molecular weight is 571 g/mol. The molecule has 0 aliphatic carbocycles. The van der Waals surface area contributed by atoms with Gasteiger partial charge in [0.25, 0.3) is 0 Å². The molecule has 0 spiro atoms. The highest BCUT2D eigenvalue weighted by molar-refractivity contribution is 5.94. The number of benzene rings is 3. The molecule has 2 N–H and O–H groups in total. The summed E-state index contributed by atoms with van der Waals surface area (Å²) < 4.78 is 30.0. The lowest BCUT2D eigenvalue weighted by Gasteiger charge is -2.19. The molecule has 1 atom stereocenters. The zero-order valence-electron chi connectivity index (χ0n) is 23.4. The molecule has 0 bridgehead atoms. The largest absolute Gasteiger partial charge is 0.478 e. The van der Waals surface area contributed by atoms with E-state index in [1.807, 2.05) is 19.9 Å². The molecule has 5 aromatic rings. The van der Waals surface area contributed by atoms with E-state index in [4.69, 9.17) is 9.68 Å². The average Bonchev–Trinajstić information content (AvgIpc) is 3.43. The van der Waals surface area contributed by atoms with Crippen LogP contribution in [0.5, 0.6) is 0 Å². The number of carboxylic acid groups (broad SMARTS) is 1. The van der Waals surface area contributed by atoms with Crippen molar-refractivity contribution in [3.63, 3.8) is 0 Å². The summed E-state index contributed by atoms with van der Waals surface area (Å²) in [7, 11) is 0. The van der Waals surface area contributed by atoms with Crippen LogP contribution in [0.15, 0.2) is 88.3 Å². The van der Waals surface area contributed by atoms with Crippen molar-refractivity contribution in [3.05, 3.63) is 112 Å². The molecule has 0 saturated carbocycles. The molecule has 2 aromatic heterocycles. The van der Waals surface area contributed by atoms with Crippen molar-refractivity contribution in [2.45, 2.75) is 39.7 Å². The molecule has 0 amide bonds. The van der Waals surface area contributed by atoms with Gasteiger partial charge in [-0.25, -0.2) is 18.3 Å². The van der Waals surface area contributed by atoms with Crippen LogP contribution in [-0.4, -0.2) is 26.8 Å². The van der Waals surface area contributed by atoms with Gasteiger partial charge in [-0.1, -0.05) is 18.2 Å². The first-order valence-electron chi connectivity index (χ1n) is 12.9.